The van der Waals surface area contributed by atoms with Gasteiger partial charge in [-0.3, -0.25) is 4.79 Å². The molecule has 0 aromatic rings. The fourth-order valence-electron chi connectivity index (χ4n) is 3.56. The minimum Gasteiger partial charge on any atom is -0.462 e. The Balaban J connectivity index is 3.10. The van der Waals surface area contributed by atoms with Gasteiger partial charge < -0.3 is 4.74 Å². The number of hydrogen-bond acceptors (Lipinski definition) is 2. The lowest BCUT2D eigenvalue weighted by atomic mass is 9.59. The number of ether oxygens (including phenoxy) is 1. The maximum Gasteiger partial charge on any atom is 0.302 e. The van der Waals surface area contributed by atoms with Gasteiger partial charge in [0.15, 0.2) is 0 Å². The van der Waals surface area contributed by atoms with Crippen LogP contribution in [-0.4, -0.2) is 12.1 Å². The van der Waals surface area contributed by atoms with E-state index in [4.69, 9.17) is 4.74 Å². The quantitative estimate of drug-likeness (QED) is 0.646. The fourth-order valence-corrected chi connectivity index (χ4v) is 3.56. The topological polar surface area (TPSA) is 26.3 Å². The molecule has 0 spiro atoms. The summed E-state index contributed by atoms with van der Waals surface area (Å²) in [7, 11) is 0. The molecule has 0 radical (unpaired) electrons. The lowest BCUT2D eigenvalue weighted by Gasteiger charge is -2.50. The van der Waals surface area contributed by atoms with Crippen LogP contribution in [0.25, 0.3) is 0 Å². The molecule has 0 bridgehead atoms. The summed E-state index contributed by atoms with van der Waals surface area (Å²) in [5.74, 6) is 1.47. The van der Waals surface area contributed by atoms with Crippen molar-refractivity contribution in [3.05, 3.63) is 0 Å². The standard InChI is InChI=1S/C17H32O2/c1-11-9-13(16(3,4)5)15(19-12(2)18)14(10-11)17(6,7)8/h11,13-15H,9-10H2,1-8H3. The number of carbonyl (C=O) groups excluding carboxylic acids is 1. The van der Waals surface area contributed by atoms with Crippen molar-refractivity contribution in [1.29, 1.82) is 0 Å². The molecule has 1 aliphatic carbocycles. The van der Waals surface area contributed by atoms with E-state index in [-0.39, 0.29) is 22.9 Å². The molecular formula is C17H32O2. The summed E-state index contributed by atoms with van der Waals surface area (Å²) < 4.78 is 5.78. The highest BCUT2D eigenvalue weighted by Crippen LogP contribution is 2.49. The van der Waals surface area contributed by atoms with Crippen molar-refractivity contribution < 1.29 is 9.53 Å². The Hall–Kier alpha value is -0.530. The zero-order valence-corrected chi connectivity index (χ0v) is 14.0. The second-order valence-corrected chi connectivity index (χ2v) is 8.60. The fraction of sp³-hybridized carbons (Fsp3) is 0.941. The Labute approximate surface area is 119 Å². The van der Waals surface area contributed by atoms with E-state index in [1.807, 2.05) is 0 Å². The average molecular weight is 268 g/mol. The monoisotopic (exact) mass is 268 g/mol. The first-order valence-electron chi connectivity index (χ1n) is 7.60. The van der Waals surface area contributed by atoms with Crippen LogP contribution in [-0.2, 0) is 9.53 Å². The Bertz CT molecular complexity index is 295. The Morgan fingerprint density at radius 3 is 1.58 bits per heavy atom. The van der Waals surface area contributed by atoms with Crippen molar-refractivity contribution >= 4 is 5.97 Å². The van der Waals surface area contributed by atoms with Gasteiger partial charge in [-0.1, -0.05) is 48.5 Å². The van der Waals surface area contributed by atoms with E-state index in [9.17, 15) is 4.79 Å². The van der Waals surface area contributed by atoms with Crippen molar-refractivity contribution in [2.24, 2.45) is 28.6 Å². The summed E-state index contributed by atoms with van der Waals surface area (Å²) >= 11 is 0. The zero-order valence-electron chi connectivity index (χ0n) is 14.0. The molecule has 0 aromatic carbocycles. The first kappa shape index (κ1) is 16.5. The second kappa shape index (κ2) is 5.46. The second-order valence-electron chi connectivity index (χ2n) is 8.60. The highest BCUT2D eigenvalue weighted by molar-refractivity contribution is 5.66. The molecule has 112 valence electrons. The van der Waals surface area contributed by atoms with Gasteiger partial charge in [0.05, 0.1) is 0 Å². The normalized spacial score (nSPS) is 33.1. The molecule has 0 aromatic heterocycles. The predicted molar refractivity (Wildman–Crippen MR) is 79.8 cm³/mol. The molecular weight excluding hydrogens is 236 g/mol. The van der Waals surface area contributed by atoms with Gasteiger partial charge in [0, 0.05) is 18.8 Å². The number of carbonyl (C=O) groups is 1. The molecule has 1 rings (SSSR count). The van der Waals surface area contributed by atoms with E-state index in [2.05, 4.69) is 48.5 Å². The van der Waals surface area contributed by atoms with Gasteiger partial charge in [-0.05, 0) is 29.6 Å². The van der Waals surface area contributed by atoms with Crippen molar-refractivity contribution in [2.45, 2.75) is 74.3 Å². The van der Waals surface area contributed by atoms with Gasteiger partial charge in [0.1, 0.15) is 6.10 Å². The summed E-state index contributed by atoms with van der Waals surface area (Å²) in [5, 5.41) is 0. The van der Waals surface area contributed by atoms with Crippen LogP contribution in [0.2, 0.25) is 0 Å². The third kappa shape index (κ3) is 4.22. The summed E-state index contributed by atoms with van der Waals surface area (Å²) in [6.07, 6.45) is 2.39. The van der Waals surface area contributed by atoms with Crippen molar-refractivity contribution in [3.63, 3.8) is 0 Å². The van der Waals surface area contributed by atoms with Crippen LogP contribution in [0.5, 0.6) is 0 Å². The first-order chi connectivity index (χ1) is 8.43. The van der Waals surface area contributed by atoms with Crippen LogP contribution in [0.15, 0.2) is 0 Å². The molecule has 2 heteroatoms. The van der Waals surface area contributed by atoms with E-state index in [1.165, 1.54) is 6.92 Å². The largest absolute Gasteiger partial charge is 0.462 e. The minimum atomic E-state index is -0.136. The highest BCUT2D eigenvalue weighted by atomic mass is 16.5. The molecule has 1 saturated carbocycles. The first-order valence-corrected chi connectivity index (χ1v) is 7.60. The summed E-state index contributed by atoms with van der Waals surface area (Å²) in [5.41, 5.74) is 0.358. The Morgan fingerprint density at radius 1 is 0.947 bits per heavy atom. The third-order valence-electron chi connectivity index (χ3n) is 4.63. The number of hydrogen-bond donors (Lipinski definition) is 0. The maximum atomic E-state index is 11.5. The molecule has 2 nitrogen and oxygen atoms in total. The highest BCUT2D eigenvalue weighted by Gasteiger charge is 2.47. The van der Waals surface area contributed by atoms with E-state index >= 15 is 0 Å². The zero-order chi connectivity index (χ0) is 15.0. The smallest absolute Gasteiger partial charge is 0.302 e. The van der Waals surface area contributed by atoms with E-state index in [0.717, 1.165) is 12.8 Å². The van der Waals surface area contributed by atoms with Crippen LogP contribution in [0.4, 0.5) is 0 Å². The van der Waals surface area contributed by atoms with Crippen LogP contribution >= 0.6 is 0 Å². The lowest BCUT2D eigenvalue weighted by Crippen LogP contribution is -2.49. The molecule has 0 saturated heterocycles. The van der Waals surface area contributed by atoms with Gasteiger partial charge in [0.2, 0.25) is 0 Å². The SMILES string of the molecule is CC(=O)OC1C(C(C)(C)C)CC(C)CC1C(C)(C)C. The van der Waals surface area contributed by atoms with Crippen LogP contribution < -0.4 is 0 Å². The number of rotatable bonds is 1. The van der Waals surface area contributed by atoms with E-state index in [0.29, 0.717) is 17.8 Å². The van der Waals surface area contributed by atoms with Crippen LogP contribution in [0, 0.1) is 28.6 Å². The van der Waals surface area contributed by atoms with Crippen LogP contribution in [0.1, 0.15) is 68.2 Å². The molecule has 1 aliphatic rings. The number of esters is 1. The van der Waals surface area contributed by atoms with Gasteiger partial charge in [-0.25, -0.2) is 0 Å². The van der Waals surface area contributed by atoms with Gasteiger partial charge in [-0.15, -0.1) is 0 Å². The van der Waals surface area contributed by atoms with Gasteiger partial charge in [0.25, 0.3) is 0 Å². The van der Waals surface area contributed by atoms with E-state index < -0.39 is 0 Å². The van der Waals surface area contributed by atoms with Crippen LogP contribution in [0.3, 0.4) is 0 Å². The molecule has 2 atom stereocenters. The molecule has 19 heavy (non-hydrogen) atoms. The van der Waals surface area contributed by atoms with Crippen molar-refractivity contribution in [3.8, 4) is 0 Å². The Morgan fingerprint density at radius 2 is 1.32 bits per heavy atom. The molecule has 1 fully saturated rings. The molecule has 0 amide bonds. The average Bonchev–Trinajstić information content (AvgIpc) is 2.16. The Kier molecular flexibility index (Phi) is 4.75. The minimum absolute atomic E-state index is 0.0636. The summed E-state index contributed by atoms with van der Waals surface area (Å²) in [4.78, 5) is 11.5. The molecule has 0 aliphatic heterocycles. The van der Waals surface area contributed by atoms with Crippen molar-refractivity contribution in [1.82, 2.24) is 0 Å². The summed E-state index contributed by atoms with van der Waals surface area (Å²) in [6.45, 7) is 17.5. The molecule has 0 heterocycles. The molecule has 0 N–H and O–H groups in total. The van der Waals surface area contributed by atoms with Gasteiger partial charge >= 0.3 is 5.97 Å². The van der Waals surface area contributed by atoms with Gasteiger partial charge in [-0.2, -0.15) is 0 Å². The predicted octanol–water partition coefficient (Wildman–Crippen LogP) is 4.67. The summed E-state index contributed by atoms with van der Waals surface area (Å²) in [6, 6.07) is 0. The maximum absolute atomic E-state index is 11.5. The lowest BCUT2D eigenvalue weighted by molar-refractivity contribution is -0.166. The third-order valence-corrected chi connectivity index (χ3v) is 4.63. The van der Waals surface area contributed by atoms with Crippen molar-refractivity contribution in [2.75, 3.05) is 0 Å². The molecule has 2 unspecified atom stereocenters. The van der Waals surface area contributed by atoms with E-state index in [1.54, 1.807) is 0 Å².